The number of carbonyl (C=O) groups excluding carboxylic acids is 1. The molecule has 0 aliphatic carbocycles. The van der Waals surface area contributed by atoms with Gasteiger partial charge in [-0.05, 0) is 18.4 Å². The molecule has 4 nitrogen and oxygen atoms in total. The Hall–Kier alpha value is -1.55. The van der Waals surface area contributed by atoms with Crippen LogP contribution in [0.15, 0.2) is 24.3 Å². The maximum atomic E-state index is 12.1. The zero-order valence-electron chi connectivity index (χ0n) is 13.3. The van der Waals surface area contributed by atoms with Gasteiger partial charge in [0.15, 0.2) is 0 Å². The van der Waals surface area contributed by atoms with E-state index in [1.807, 2.05) is 18.2 Å². The average Bonchev–Trinajstić information content (AvgIpc) is 2.48. The molecule has 2 rings (SSSR count). The molecule has 0 radical (unpaired) electrons. The van der Waals surface area contributed by atoms with Crippen LogP contribution in [0.3, 0.4) is 0 Å². The highest BCUT2D eigenvalue weighted by Crippen LogP contribution is 2.35. The number of nitrogens with one attached hydrogen (secondary N) is 2. The Labute approximate surface area is 127 Å². The second kappa shape index (κ2) is 6.94. The number of carbonyl (C=O) groups is 1. The lowest BCUT2D eigenvalue weighted by atomic mass is 9.90. The van der Waals surface area contributed by atoms with Gasteiger partial charge in [0.1, 0.15) is 5.75 Å². The summed E-state index contributed by atoms with van der Waals surface area (Å²) in [7, 11) is 1.69. The molecule has 0 aromatic heterocycles. The number of benzene rings is 1. The van der Waals surface area contributed by atoms with Gasteiger partial charge in [-0.15, -0.1) is 0 Å². The lowest BCUT2D eigenvalue weighted by Gasteiger charge is -2.35. The molecule has 1 aromatic carbocycles. The summed E-state index contributed by atoms with van der Waals surface area (Å²) >= 11 is 0. The zero-order chi connectivity index (χ0) is 15.4. The number of rotatable bonds is 5. The molecule has 1 heterocycles. The Balaban J connectivity index is 2.21. The van der Waals surface area contributed by atoms with E-state index in [-0.39, 0.29) is 18.0 Å². The summed E-state index contributed by atoms with van der Waals surface area (Å²) in [5, 5.41) is 6.32. The van der Waals surface area contributed by atoms with Gasteiger partial charge in [0, 0.05) is 24.6 Å². The third kappa shape index (κ3) is 3.76. The van der Waals surface area contributed by atoms with Crippen LogP contribution in [-0.4, -0.2) is 25.6 Å². The Morgan fingerprint density at radius 3 is 2.76 bits per heavy atom. The predicted octanol–water partition coefficient (Wildman–Crippen LogP) is 2.51. The molecule has 0 saturated heterocycles. The van der Waals surface area contributed by atoms with Gasteiger partial charge in [-0.25, -0.2) is 0 Å². The summed E-state index contributed by atoms with van der Waals surface area (Å²) < 4.78 is 5.77. The molecule has 1 aromatic rings. The monoisotopic (exact) mass is 290 g/mol. The molecule has 3 unspecified atom stereocenters. The minimum Gasteiger partial charge on any atom is -0.493 e. The molecular weight excluding hydrogens is 264 g/mol. The molecule has 0 bridgehead atoms. The van der Waals surface area contributed by atoms with Crippen molar-refractivity contribution in [2.24, 2.45) is 11.8 Å². The Kier molecular flexibility index (Phi) is 5.23. The second-order valence-corrected chi connectivity index (χ2v) is 6.27. The summed E-state index contributed by atoms with van der Waals surface area (Å²) in [6.45, 7) is 7.11. The highest BCUT2D eigenvalue weighted by Gasteiger charge is 2.31. The van der Waals surface area contributed by atoms with Gasteiger partial charge in [0.05, 0.1) is 12.6 Å². The molecular formula is C17H26N2O2. The number of ether oxygens (including phenoxy) is 1. The first-order valence-corrected chi connectivity index (χ1v) is 7.72. The van der Waals surface area contributed by atoms with E-state index in [9.17, 15) is 4.79 Å². The highest BCUT2D eigenvalue weighted by atomic mass is 16.5. The number of hydrogen-bond donors (Lipinski definition) is 2. The van der Waals surface area contributed by atoms with Gasteiger partial charge >= 0.3 is 0 Å². The minimum atomic E-state index is -0.173. The molecule has 0 fully saturated rings. The van der Waals surface area contributed by atoms with Gasteiger partial charge in [-0.1, -0.05) is 39.0 Å². The van der Waals surface area contributed by atoms with Crippen molar-refractivity contribution in [2.45, 2.75) is 39.3 Å². The fraction of sp³-hybridized carbons (Fsp3) is 0.588. The van der Waals surface area contributed by atoms with Crippen molar-refractivity contribution in [3.63, 3.8) is 0 Å². The molecule has 0 spiro atoms. The lowest BCUT2D eigenvalue weighted by Crippen LogP contribution is -2.48. The van der Waals surface area contributed by atoms with Gasteiger partial charge in [-0.2, -0.15) is 0 Å². The Morgan fingerprint density at radius 1 is 1.38 bits per heavy atom. The number of amides is 1. The first kappa shape index (κ1) is 15.8. The highest BCUT2D eigenvalue weighted by molar-refractivity contribution is 5.81. The van der Waals surface area contributed by atoms with Crippen molar-refractivity contribution in [3.05, 3.63) is 29.8 Å². The second-order valence-electron chi connectivity index (χ2n) is 6.27. The molecule has 4 heteroatoms. The minimum absolute atomic E-state index is 0.0554. The van der Waals surface area contributed by atoms with Crippen molar-refractivity contribution < 1.29 is 9.53 Å². The third-order valence-corrected chi connectivity index (χ3v) is 3.98. The van der Waals surface area contributed by atoms with Crippen molar-refractivity contribution >= 4 is 5.91 Å². The van der Waals surface area contributed by atoms with Crippen LogP contribution in [0.4, 0.5) is 0 Å². The summed E-state index contributed by atoms with van der Waals surface area (Å²) in [5.41, 5.74) is 1.15. The van der Waals surface area contributed by atoms with Crippen molar-refractivity contribution in [2.75, 3.05) is 13.7 Å². The zero-order valence-corrected chi connectivity index (χ0v) is 13.3. The van der Waals surface area contributed by atoms with E-state index in [2.05, 4.69) is 37.5 Å². The van der Waals surface area contributed by atoms with Gasteiger partial charge in [0.2, 0.25) is 5.91 Å². The van der Waals surface area contributed by atoms with E-state index in [4.69, 9.17) is 4.74 Å². The number of fused-ring (bicyclic) bond motifs is 1. The van der Waals surface area contributed by atoms with E-state index >= 15 is 0 Å². The SMILES string of the molecule is CNC(=O)C(CC(C)C)NC1c2ccccc2OCC1C. The molecule has 116 valence electrons. The van der Waals surface area contributed by atoms with Crippen LogP contribution in [-0.2, 0) is 4.79 Å². The molecule has 1 aliphatic rings. The van der Waals surface area contributed by atoms with E-state index in [1.54, 1.807) is 7.05 Å². The van der Waals surface area contributed by atoms with Crippen LogP contribution < -0.4 is 15.4 Å². The van der Waals surface area contributed by atoms with Crippen LogP contribution >= 0.6 is 0 Å². The fourth-order valence-corrected chi connectivity index (χ4v) is 2.86. The molecule has 0 saturated carbocycles. The Bertz CT molecular complexity index is 487. The molecule has 1 amide bonds. The largest absolute Gasteiger partial charge is 0.493 e. The van der Waals surface area contributed by atoms with E-state index in [0.717, 1.165) is 17.7 Å². The topological polar surface area (TPSA) is 50.4 Å². The maximum absolute atomic E-state index is 12.1. The quantitative estimate of drug-likeness (QED) is 0.876. The summed E-state index contributed by atoms with van der Waals surface area (Å²) in [6.07, 6.45) is 0.825. The van der Waals surface area contributed by atoms with Crippen LogP contribution in [0.5, 0.6) is 5.75 Å². The van der Waals surface area contributed by atoms with Gasteiger partial charge in [0.25, 0.3) is 0 Å². The summed E-state index contributed by atoms with van der Waals surface area (Å²) in [5.74, 6) is 1.78. The van der Waals surface area contributed by atoms with Crippen molar-refractivity contribution in [3.8, 4) is 5.75 Å². The smallest absolute Gasteiger partial charge is 0.236 e. The number of para-hydroxylation sites is 1. The lowest BCUT2D eigenvalue weighted by molar-refractivity contribution is -0.123. The summed E-state index contributed by atoms with van der Waals surface area (Å²) in [6, 6.07) is 8.05. The number of hydrogen-bond acceptors (Lipinski definition) is 3. The normalized spacial score (nSPS) is 22.3. The molecule has 3 atom stereocenters. The Morgan fingerprint density at radius 2 is 2.10 bits per heavy atom. The molecule has 1 aliphatic heterocycles. The van der Waals surface area contributed by atoms with Crippen molar-refractivity contribution in [1.29, 1.82) is 0 Å². The van der Waals surface area contributed by atoms with E-state index in [0.29, 0.717) is 18.4 Å². The van der Waals surface area contributed by atoms with Crippen LogP contribution in [0.25, 0.3) is 0 Å². The third-order valence-electron chi connectivity index (χ3n) is 3.98. The van der Waals surface area contributed by atoms with Crippen LogP contribution in [0, 0.1) is 11.8 Å². The first-order chi connectivity index (χ1) is 10.0. The van der Waals surface area contributed by atoms with Crippen molar-refractivity contribution in [1.82, 2.24) is 10.6 Å². The number of likely N-dealkylation sites (N-methyl/N-ethyl adjacent to an activating group) is 1. The standard InChI is InChI=1S/C17H26N2O2/c1-11(2)9-14(17(20)18-4)19-16-12(3)10-21-15-8-6-5-7-13(15)16/h5-8,11-12,14,16,19H,9-10H2,1-4H3,(H,18,20). The summed E-state index contributed by atoms with van der Waals surface area (Å²) in [4.78, 5) is 12.1. The average molecular weight is 290 g/mol. The maximum Gasteiger partial charge on any atom is 0.236 e. The predicted molar refractivity (Wildman–Crippen MR) is 84.3 cm³/mol. The van der Waals surface area contributed by atoms with Gasteiger partial charge in [-0.3, -0.25) is 10.1 Å². The molecule has 21 heavy (non-hydrogen) atoms. The first-order valence-electron chi connectivity index (χ1n) is 7.72. The molecule has 2 N–H and O–H groups in total. The van der Waals surface area contributed by atoms with E-state index < -0.39 is 0 Å². The van der Waals surface area contributed by atoms with Crippen LogP contribution in [0.2, 0.25) is 0 Å². The van der Waals surface area contributed by atoms with Crippen LogP contribution in [0.1, 0.15) is 38.8 Å². The van der Waals surface area contributed by atoms with Gasteiger partial charge < -0.3 is 10.1 Å². The fourth-order valence-electron chi connectivity index (χ4n) is 2.86. The van der Waals surface area contributed by atoms with E-state index in [1.165, 1.54) is 0 Å².